The molecule has 1 atom stereocenters. The second-order valence-electron chi connectivity index (χ2n) is 5.48. The van der Waals surface area contributed by atoms with Crippen LogP contribution in [0.2, 0.25) is 0 Å². The van der Waals surface area contributed by atoms with Gasteiger partial charge in [-0.3, -0.25) is 9.59 Å². The first kappa shape index (κ1) is 15.2. The molecule has 2 aromatic rings. The number of aromatic nitrogens is 2. The van der Waals surface area contributed by atoms with Gasteiger partial charge in [0, 0.05) is 26.4 Å². The number of benzene rings is 1. The number of aryl methyl sites for hydroxylation is 1. The monoisotopic (exact) mass is 315 g/mol. The summed E-state index contributed by atoms with van der Waals surface area (Å²) in [5.74, 6) is -0.230. The SMILES string of the molecule is Cc1nnc(COC(=O)C2CC(=O)N(Cc3ccccc3)C2)o1. The molecule has 7 heteroatoms. The summed E-state index contributed by atoms with van der Waals surface area (Å²) in [6.45, 7) is 2.47. The number of carbonyl (C=O) groups excluding carboxylic acids is 2. The van der Waals surface area contributed by atoms with Gasteiger partial charge in [0.15, 0.2) is 6.61 Å². The largest absolute Gasteiger partial charge is 0.455 e. The first-order valence-electron chi connectivity index (χ1n) is 7.39. The molecule has 3 rings (SSSR count). The Morgan fingerprint density at radius 2 is 2.13 bits per heavy atom. The highest BCUT2D eigenvalue weighted by Crippen LogP contribution is 2.21. The molecule has 1 aromatic carbocycles. The fourth-order valence-corrected chi connectivity index (χ4v) is 2.53. The summed E-state index contributed by atoms with van der Waals surface area (Å²) in [5.41, 5.74) is 1.04. The minimum Gasteiger partial charge on any atom is -0.455 e. The summed E-state index contributed by atoms with van der Waals surface area (Å²) in [5, 5.41) is 7.42. The standard InChI is InChI=1S/C16H17N3O4/c1-11-17-18-14(23-11)10-22-16(21)13-7-15(20)19(9-13)8-12-5-3-2-4-6-12/h2-6,13H,7-10H2,1H3. The molecule has 0 N–H and O–H groups in total. The van der Waals surface area contributed by atoms with Crippen molar-refractivity contribution in [2.45, 2.75) is 26.5 Å². The van der Waals surface area contributed by atoms with Crippen LogP contribution in [0.4, 0.5) is 0 Å². The molecular formula is C16H17N3O4. The Morgan fingerprint density at radius 1 is 1.35 bits per heavy atom. The average Bonchev–Trinajstić information content (AvgIpc) is 3.12. The van der Waals surface area contributed by atoms with Crippen LogP contribution in [0.1, 0.15) is 23.8 Å². The zero-order chi connectivity index (χ0) is 16.2. The number of amides is 1. The van der Waals surface area contributed by atoms with E-state index < -0.39 is 11.9 Å². The van der Waals surface area contributed by atoms with Crippen LogP contribution in [-0.4, -0.2) is 33.5 Å². The van der Waals surface area contributed by atoms with Crippen molar-refractivity contribution in [3.63, 3.8) is 0 Å². The first-order chi connectivity index (χ1) is 11.1. The molecule has 120 valence electrons. The summed E-state index contributed by atoms with van der Waals surface area (Å²) < 4.78 is 10.3. The predicted octanol–water partition coefficient (Wildman–Crippen LogP) is 1.47. The molecule has 0 saturated carbocycles. The minimum atomic E-state index is -0.449. The predicted molar refractivity (Wildman–Crippen MR) is 78.8 cm³/mol. The molecule has 1 aliphatic heterocycles. The highest BCUT2D eigenvalue weighted by molar-refractivity contribution is 5.86. The third-order valence-corrected chi connectivity index (χ3v) is 3.67. The normalized spacial score (nSPS) is 17.5. The number of nitrogens with zero attached hydrogens (tertiary/aromatic N) is 3. The van der Waals surface area contributed by atoms with E-state index in [-0.39, 0.29) is 24.8 Å². The Labute approximate surface area is 133 Å². The maximum atomic E-state index is 12.1. The number of carbonyl (C=O) groups is 2. The van der Waals surface area contributed by atoms with Crippen LogP contribution in [0.25, 0.3) is 0 Å². The Morgan fingerprint density at radius 3 is 2.83 bits per heavy atom. The number of hydrogen-bond donors (Lipinski definition) is 0. The summed E-state index contributed by atoms with van der Waals surface area (Å²) in [6, 6.07) is 9.68. The number of hydrogen-bond acceptors (Lipinski definition) is 6. The summed E-state index contributed by atoms with van der Waals surface area (Å²) in [7, 11) is 0. The topological polar surface area (TPSA) is 85.5 Å². The van der Waals surface area contributed by atoms with Crippen molar-refractivity contribution < 1.29 is 18.7 Å². The molecule has 0 radical (unpaired) electrons. The van der Waals surface area contributed by atoms with Gasteiger partial charge in [0.2, 0.25) is 11.8 Å². The van der Waals surface area contributed by atoms with Crippen molar-refractivity contribution in [3.8, 4) is 0 Å². The maximum absolute atomic E-state index is 12.1. The Bertz CT molecular complexity index is 698. The highest BCUT2D eigenvalue weighted by Gasteiger charge is 2.35. The van der Waals surface area contributed by atoms with Crippen molar-refractivity contribution in [3.05, 3.63) is 47.7 Å². The van der Waals surface area contributed by atoms with Crippen molar-refractivity contribution in [1.82, 2.24) is 15.1 Å². The summed E-state index contributed by atoms with van der Waals surface area (Å²) >= 11 is 0. The van der Waals surface area contributed by atoms with Crippen LogP contribution >= 0.6 is 0 Å². The van der Waals surface area contributed by atoms with E-state index in [1.165, 1.54) is 0 Å². The Hall–Kier alpha value is -2.70. The number of likely N-dealkylation sites (tertiary alicyclic amines) is 1. The van der Waals surface area contributed by atoms with Gasteiger partial charge in [0.05, 0.1) is 5.92 Å². The van der Waals surface area contributed by atoms with Gasteiger partial charge in [-0.1, -0.05) is 30.3 Å². The Kier molecular flexibility index (Phi) is 4.36. The van der Waals surface area contributed by atoms with Crippen LogP contribution in [-0.2, 0) is 27.5 Å². The van der Waals surface area contributed by atoms with E-state index >= 15 is 0 Å². The highest BCUT2D eigenvalue weighted by atomic mass is 16.5. The van der Waals surface area contributed by atoms with E-state index in [1.54, 1.807) is 11.8 Å². The molecule has 1 saturated heterocycles. The summed E-state index contributed by atoms with van der Waals surface area (Å²) in [4.78, 5) is 25.8. The average molecular weight is 315 g/mol. The second kappa shape index (κ2) is 6.60. The third kappa shape index (κ3) is 3.74. The zero-order valence-electron chi connectivity index (χ0n) is 12.8. The lowest BCUT2D eigenvalue weighted by Gasteiger charge is -2.16. The third-order valence-electron chi connectivity index (χ3n) is 3.67. The molecule has 1 aromatic heterocycles. The van der Waals surface area contributed by atoms with Crippen molar-refractivity contribution in [2.24, 2.45) is 5.92 Å². The zero-order valence-corrected chi connectivity index (χ0v) is 12.8. The van der Waals surface area contributed by atoms with Gasteiger partial charge >= 0.3 is 5.97 Å². The van der Waals surface area contributed by atoms with E-state index in [9.17, 15) is 9.59 Å². The van der Waals surface area contributed by atoms with Gasteiger partial charge in [0.25, 0.3) is 5.89 Å². The minimum absolute atomic E-state index is 0.0376. The first-order valence-corrected chi connectivity index (χ1v) is 7.39. The maximum Gasteiger partial charge on any atom is 0.311 e. The molecule has 7 nitrogen and oxygen atoms in total. The molecule has 1 amide bonds. The number of rotatable bonds is 5. The van der Waals surface area contributed by atoms with Crippen LogP contribution < -0.4 is 0 Å². The fourth-order valence-electron chi connectivity index (χ4n) is 2.53. The number of esters is 1. The Balaban J connectivity index is 1.53. The van der Waals surface area contributed by atoms with E-state index in [2.05, 4.69) is 10.2 Å². The van der Waals surface area contributed by atoms with Crippen molar-refractivity contribution in [2.75, 3.05) is 6.54 Å². The van der Waals surface area contributed by atoms with E-state index in [0.717, 1.165) is 5.56 Å². The molecule has 0 bridgehead atoms. The van der Waals surface area contributed by atoms with Crippen molar-refractivity contribution in [1.29, 1.82) is 0 Å². The van der Waals surface area contributed by atoms with Crippen molar-refractivity contribution >= 4 is 11.9 Å². The lowest BCUT2D eigenvalue weighted by molar-refractivity contribution is -0.150. The molecule has 1 unspecified atom stereocenters. The van der Waals surface area contributed by atoms with E-state index in [4.69, 9.17) is 9.15 Å². The van der Waals surface area contributed by atoms with Crippen LogP contribution in [0.3, 0.4) is 0 Å². The molecule has 0 aliphatic carbocycles. The van der Waals surface area contributed by atoms with E-state index in [0.29, 0.717) is 19.0 Å². The molecular weight excluding hydrogens is 298 g/mol. The fraction of sp³-hybridized carbons (Fsp3) is 0.375. The van der Waals surface area contributed by atoms with Gasteiger partial charge in [-0.2, -0.15) is 0 Å². The smallest absolute Gasteiger partial charge is 0.311 e. The molecule has 1 fully saturated rings. The van der Waals surface area contributed by atoms with E-state index in [1.807, 2.05) is 30.3 Å². The molecule has 23 heavy (non-hydrogen) atoms. The molecule has 2 heterocycles. The molecule has 1 aliphatic rings. The van der Waals surface area contributed by atoms with Gasteiger partial charge in [-0.05, 0) is 5.56 Å². The molecule has 0 spiro atoms. The van der Waals surface area contributed by atoms with Gasteiger partial charge in [-0.25, -0.2) is 0 Å². The van der Waals surface area contributed by atoms with Gasteiger partial charge in [-0.15, -0.1) is 10.2 Å². The quantitative estimate of drug-likeness (QED) is 0.777. The lowest BCUT2D eigenvalue weighted by Crippen LogP contribution is -2.26. The lowest BCUT2D eigenvalue weighted by atomic mass is 10.1. The van der Waals surface area contributed by atoms with Crippen LogP contribution in [0, 0.1) is 12.8 Å². The van der Waals surface area contributed by atoms with Crippen LogP contribution in [0.15, 0.2) is 34.7 Å². The second-order valence-corrected chi connectivity index (χ2v) is 5.48. The van der Waals surface area contributed by atoms with Gasteiger partial charge in [0.1, 0.15) is 0 Å². The summed E-state index contributed by atoms with van der Waals surface area (Å²) in [6.07, 6.45) is 0.175. The van der Waals surface area contributed by atoms with Crippen LogP contribution in [0.5, 0.6) is 0 Å². The number of ether oxygens (including phenoxy) is 1. The van der Waals surface area contributed by atoms with Gasteiger partial charge < -0.3 is 14.1 Å².